The average molecular weight is 913 g/mol. The number of carboxylic acid groups (broad SMARTS) is 1. The van der Waals surface area contributed by atoms with E-state index >= 15 is 0 Å². The van der Waals surface area contributed by atoms with Crippen LogP contribution in [0.25, 0.3) is 22.3 Å². The number of anilines is 1. The number of ether oxygens (including phenoxy) is 2. The zero-order chi connectivity index (χ0) is 45.9. The smallest absolute Gasteiger partial charge is 0.329 e. The van der Waals surface area contributed by atoms with Gasteiger partial charge in [0.25, 0.3) is 0 Å². The molecule has 1 aliphatic carbocycles. The van der Waals surface area contributed by atoms with Crippen molar-refractivity contribution in [2.75, 3.05) is 38.3 Å². The van der Waals surface area contributed by atoms with Gasteiger partial charge in [-0.1, -0.05) is 52.9 Å². The minimum Gasteiger partial charge on any atom is -0.497 e. The van der Waals surface area contributed by atoms with Gasteiger partial charge in [-0.25, -0.2) is 32.3 Å². The lowest BCUT2D eigenvalue weighted by atomic mass is 9.87. The largest absolute Gasteiger partial charge is 0.497 e. The number of methoxy groups -OCH3 is 1. The number of sulfonamides is 1. The Balaban J connectivity index is 1.32. The average Bonchev–Trinajstić information content (AvgIpc) is 3.49. The summed E-state index contributed by atoms with van der Waals surface area (Å²) in [6, 6.07) is 3.96. The van der Waals surface area contributed by atoms with Crippen molar-refractivity contribution in [3.05, 3.63) is 29.6 Å². The van der Waals surface area contributed by atoms with Gasteiger partial charge in [-0.2, -0.15) is 0 Å². The van der Waals surface area contributed by atoms with E-state index in [0.29, 0.717) is 53.1 Å². The monoisotopic (exact) mass is 912 g/mol. The van der Waals surface area contributed by atoms with Crippen LogP contribution >= 0.6 is 11.3 Å². The number of hydrogen-bond acceptors (Lipinski definition) is 12. The topological polar surface area (TPSA) is 221 Å². The number of nitrogens with one attached hydrogen (secondary N) is 4. The zero-order valence-corrected chi connectivity index (χ0v) is 39.3. The van der Waals surface area contributed by atoms with Crippen molar-refractivity contribution in [3.8, 4) is 22.9 Å². The minimum absolute atomic E-state index is 0.0159. The number of carbonyl (C=O) groups is 4. The van der Waals surface area contributed by atoms with Crippen LogP contribution in [0.4, 0.5) is 9.93 Å². The van der Waals surface area contributed by atoms with Crippen molar-refractivity contribution >= 4 is 61.2 Å². The number of urea groups is 1. The molecule has 0 spiro atoms. The van der Waals surface area contributed by atoms with E-state index in [1.165, 1.54) is 27.6 Å². The number of fused-ring (bicyclic) bond motifs is 3. The fraction of sp³-hybridized carbons (Fsp3) is 0.636. The summed E-state index contributed by atoms with van der Waals surface area (Å²) >= 11 is 1.45. The van der Waals surface area contributed by atoms with Crippen LogP contribution in [-0.4, -0.2) is 125 Å². The summed E-state index contributed by atoms with van der Waals surface area (Å²) in [4.78, 5) is 67.0. The van der Waals surface area contributed by atoms with E-state index in [0.717, 1.165) is 30.8 Å². The third-order valence-electron chi connectivity index (χ3n) is 12.4. The summed E-state index contributed by atoms with van der Waals surface area (Å²) in [5.41, 5.74) is -0.219. The third-order valence-corrected chi connectivity index (χ3v) is 15.0. The first kappa shape index (κ1) is 47.7. The number of thiazole rings is 1. The summed E-state index contributed by atoms with van der Waals surface area (Å²) in [5, 5.41) is 25.7. The normalized spacial score (nSPS) is 24.1. The zero-order valence-electron chi connectivity index (χ0n) is 37.7. The lowest BCUT2D eigenvalue weighted by Gasteiger charge is -2.35. The molecule has 6 rings (SSSR count). The maximum absolute atomic E-state index is 14.9. The molecular weight excluding hydrogens is 849 g/mol. The van der Waals surface area contributed by atoms with Gasteiger partial charge in [0.05, 0.1) is 30.6 Å². The molecule has 3 aliphatic rings. The Morgan fingerprint density at radius 3 is 2.46 bits per heavy atom. The number of nitrogens with zero attached hydrogens (tertiary/aromatic N) is 4. The van der Waals surface area contributed by atoms with Crippen LogP contribution < -0.4 is 30.7 Å². The fourth-order valence-electron chi connectivity index (χ4n) is 8.45. The molecule has 2 saturated heterocycles. The fourth-order valence-corrected chi connectivity index (χ4v) is 10.1. The molecule has 2 aromatic heterocycles. The Bertz CT molecular complexity index is 2260. The van der Waals surface area contributed by atoms with Crippen molar-refractivity contribution in [1.29, 1.82) is 0 Å². The number of pyridine rings is 1. The Labute approximate surface area is 374 Å². The Kier molecular flexibility index (Phi) is 14.8. The van der Waals surface area contributed by atoms with E-state index in [1.54, 1.807) is 32.2 Å². The van der Waals surface area contributed by atoms with Crippen LogP contribution in [-0.2, 0) is 24.4 Å². The SMILES string of the molecule is CCS(=O)(=O)N(C)CC(NC(=O)N[C@H]1CCCCCCCC2C[C@@]2(C(=O)O)NC(=O)[C@@H]2C[C@@H](Oc3cc(-c4csc(NC(C)C)n4)nc4cc(OC)ccc34)CN2C1=O)C(C)(C)C. The number of likely N-dealkylation sites (N-methyl/N-ethyl adjacent to an activating group) is 1. The van der Waals surface area contributed by atoms with Gasteiger partial charge < -0.3 is 40.7 Å². The van der Waals surface area contributed by atoms with Gasteiger partial charge in [-0.15, -0.1) is 11.3 Å². The number of carbonyl (C=O) groups excluding carboxylic acids is 3. The van der Waals surface area contributed by atoms with E-state index in [-0.39, 0.29) is 43.6 Å². The third kappa shape index (κ3) is 11.3. The lowest BCUT2D eigenvalue weighted by Crippen LogP contribution is -2.59. The number of aliphatic carboxylic acids is 1. The number of hydrogen-bond donors (Lipinski definition) is 5. The standard InChI is InChI=1S/C44H64N8O9S2/c1-9-63(58,59)51(7)24-37(43(4,5)6)49-41(57)47-31-16-14-12-10-11-13-15-27-22-44(27,40(55)56)50-38(53)35-20-29(23-52(35)39(31)54)61-36-21-33(34-25-62-42(48-34)45-26(2)3)46-32-19-28(60-8)17-18-30(32)36/h17-19,21,25-27,29,31,35,37H,9-16,20,22-24H2,1-8H3,(H,45,48)(H,50,53)(H,55,56)(H2,47,49,57)/t27?,29-,31+,35+,37?,44-/m1/s1. The van der Waals surface area contributed by atoms with Crippen LogP contribution in [0.3, 0.4) is 0 Å². The van der Waals surface area contributed by atoms with Crippen LogP contribution in [0.1, 0.15) is 99.3 Å². The molecule has 6 atom stereocenters. The summed E-state index contributed by atoms with van der Waals surface area (Å²) in [7, 11) is -0.501. The highest BCUT2D eigenvalue weighted by atomic mass is 32.2. The molecule has 3 aromatic rings. The molecule has 2 aliphatic heterocycles. The van der Waals surface area contributed by atoms with Gasteiger partial charge in [0.2, 0.25) is 21.8 Å². The molecule has 5 N–H and O–H groups in total. The molecule has 3 fully saturated rings. The maximum Gasteiger partial charge on any atom is 0.329 e. The van der Waals surface area contributed by atoms with E-state index < -0.39 is 69.0 Å². The highest BCUT2D eigenvalue weighted by molar-refractivity contribution is 7.89. The maximum atomic E-state index is 14.9. The number of rotatable bonds is 13. The number of amides is 4. The van der Waals surface area contributed by atoms with E-state index in [1.807, 2.05) is 46.1 Å². The van der Waals surface area contributed by atoms with Crippen LogP contribution in [0.15, 0.2) is 29.6 Å². The quantitative estimate of drug-likeness (QED) is 0.141. The Hall–Kier alpha value is -4.75. The molecule has 1 aromatic carbocycles. The Morgan fingerprint density at radius 2 is 1.79 bits per heavy atom. The van der Waals surface area contributed by atoms with Gasteiger partial charge in [0.1, 0.15) is 40.9 Å². The van der Waals surface area contributed by atoms with Crippen LogP contribution in [0, 0.1) is 11.3 Å². The molecule has 19 heteroatoms. The summed E-state index contributed by atoms with van der Waals surface area (Å²) in [6.45, 7) is 11.3. The summed E-state index contributed by atoms with van der Waals surface area (Å²) in [6.07, 6.45) is 4.54. The van der Waals surface area contributed by atoms with E-state index in [9.17, 15) is 32.7 Å². The second-order valence-electron chi connectivity index (χ2n) is 18.5. The van der Waals surface area contributed by atoms with Gasteiger partial charge in [0.15, 0.2) is 5.13 Å². The first-order valence-electron chi connectivity index (χ1n) is 22.0. The Morgan fingerprint density at radius 1 is 1.08 bits per heavy atom. The molecule has 346 valence electrons. The van der Waals surface area contributed by atoms with Crippen molar-refractivity contribution in [1.82, 2.24) is 35.1 Å². The van der Waals surface area contributed by atoms with Gasteiger partial charge in [-0.05, 0) is 63.5 Å². The van der Waals surface area contributed by atoms with Gasteiger partial charge in [0, 0.05) is 55.0 Å². The second-order valence-corrected chi connectivity index (χ2v) is 21.7. The lowest BCUT2D eigenvalue weighted by molar-refractivity contribution is -0.145. The second kappa shape index (κ2) is 19.6. The minimum atomic E-state index is -3.55. The summed E-state index contributed by atoms with van der Waals surface area (Å²) in [5.74, 6) is -1.47. The highest BCUT2D eigenvalue weighted by Crippen LogP contribution is 2.48. The first-order chi connectivity index (χ1) is 29.7. The van der Waals surface area contributed by atoms with Gasteiger partial charge in [-0.3, -0.25) is 9.59 Å². The van der Waals surface area contributed by atoms with Crippen molar-refractivity contribution in [2.45, 2.75) is 135 Å². The number of carboxylic acids is 1. The highest BCUT2D eigenvalue weighted by Gasteiger charge is 2.62. The molecule has 4 heterocycles. The number of aromatic nitrogens is 2. The molecule has 1 saturated carbocycles. The summed E-state index contributed by atoms with van der Waals surface area (Å²) < 4.78 is 38.9. The number of benzene rings is 1. The molecular formula is C44H64N8O9S2. The van der Waals surface area contributed by atoms with Crippen molar-refractivity contribution in [2.24, 2.45) is 11.3 Å². The van der Waals surface area contributed by atoms with Crippen LogP contribution in [0.2, 0.25) is 0 Å². The van der Waals surface area contributed by atoms with E-state index in [2.05, 4.69) is 21.3 Å². The molecule has 0 bridgehead atoms. The van der Waals surface area contributed by atoms with Crippen molar-refractivity contribution in [3.63, 3.8) is 0 Å². The predicted octanol–water partition coefficient (Wildman–Crippen LogP) is 5.60. The van der Waals surface area contributed by atoms with Crippen molar-refractivity contribution < 1.29 is 42.2 Å². The van der Waals surface area contributed by atoms with Crippen LogP contribution in [0.5, 0.6) is 11.5 Å². The van der Waals surface area contributed by atoms with Gasteiger partial charge >= 0.3 is 12.0 Å². The molecule has 4 amide bonds. The molecule has 17 nitrogen and oxygen atoms in total. The molecule has 63 heavy (non-hydrogen) atoms. The molecule has 0 radical (unpaired) electrons. The van der Waals surface area contributed by atoms with E-state index in [4.69, 9.17) is 19.4 Å². The predicted molar refractivity (Wildman–Crippen MR) is 242 cm³/mol. The first-order valence-corrected chi connectivity index (χ1v) is 24.5. The molecule has 2 unspecified atom stereocenters.